The first-order valence-electron chi connectivity index (χ1n) is 5.71. The van der Waals surface area contributed by atoms with Crippen molar-refractivity contribution in [2.24, 2.45) is 0 Å². The predicted molar refractivity (Wildman–Crippen MR) is 85.1 cm³/mol. The molecule has 1 amide bonds. The molecule has 0 spiro atoms. The maximum absolute atomic E-state index is 12.2. The monoisotopic (exact) mass is 398 g/mol. The molecule has 1 aromatic carbocycles. The lowest BCUT2D eigenvalue weighted by molar-refractivity contribution is 0.102. The van der Waals surface area contributed by atoms with Gasteiger partial charge in [0, 0.05) is 14.8 Å². The van der Waals surface area contributed by atoms with E-state index in [9.17, 15) is 4.79 Å². The van der Waals surface area contributed by atoms with Crippen molar-refractivity contribution in [2.45, 2.75) is 0 Å². The van der Waals surface area contributed by atoms with E-state index in [2.05, 4.69) is 38.1 Å². The number of hydrogen-bond acceptors (Lipinski definition) is 3. The fourth-order valence-corrected chi connectivity index (χ4v) is 2.89. The van der Waals surface area contributed by atoms with Crippen molar-refractivity contribution in [2.75, 3.05) is 5.32 Å². The van der Waals surface area contributed by atoms with Crippen LogP contribution >= 0.6 is 34.2 Å². The molecule has 5 nitrogen and oxygen atoms in total. The zero-order valence-corrected chi connectivity index (χ0v) is 13.0. The van der Waals surface area contributed by atoms with Crippen LogP contribution in [0.2, 0.25) is 5.02 Å². The third-order valence-corrected chi connectivity index (χ3v) is 3.84. The van der Waals surface area contributed by atoms with Crippen molar-refractivity contribution in [1.82, 2.24) is 14.6 Å². The van der Waals surface area contributed by atoms with E-state index < -0.39 is 0 Å². The second-order valence-electron chi connectivity index (χ2n) is 4.03. The van der Waals surface area contributed by atoms with E-state index in [0.717, 1.165) is 3.57 Å². The van der Waals surface area contributed by atoms with Crippen molar-refractivity contribution < 1.29 is 4.79 Å². The molecule has 3 aromatic rings. The minimum absolute atomic E-state index is 0.246. The van der Waals surface area contributed by atoms with Crippen LogP contribution < -0.4 is 5.32 Å². The zero-order chi connectivity index (χ0) is 14.1. The highest BCUT2D eigenvalue weighted by atomic mass is 127. The highest BCUT2D eigenvalue weighted by Gasteiger charge is 2.13. The number of hydrogen-bond donors (Lipinski definition) is 1. The van der Waals surface area contributed by atoms with Gasteiger partial charge in [0.1, 0.15) is 0 Å². The number of halogens is 2. The first kappa shape index (κ1) is 13.3. The van der Waals surface area contributed by atoms with Gasteiger partial charge in [-0.25, -0.2) is 0 Å². The summed E-state index contributed by atoms with van der Waals surface area (Å²) in [5, 5.41) is 11.3. The molecule has 0 radical (unpaired) electrons. The van der Waals surface area contributed by atoms with Crippen molar-refractivity contribution >= 4 is 51.7 Å². The third-order valence-electron chi connectivity index (χ3n) is 2.71. The van der Waals surface area contributed by atoms with Crippen LogP contribution in [0.15, 0.2) is 42.6 Å². The number of amides is 1. The Bertz CT molecular complexity index is 802. The minimum atomic E-state index is -0.246. The van der Waals surface area contributed by atoms with Crippen molar-refractivity contribution in [3.8, 4) is 0 Å². The number of carbonyl (C=O) groups is 1. The third kappa shape index (κ3) is 2.48. The predicted octanol–water partition coefficient (Wildman–Crippen LogP) is 3.24. The van der Waals surface area contributed by atoms with E-state index in [4.69, 9.17) is 11.6 Å². The lowest BCUT2D eigenvalue weighted by Crippen LogP contribution is -2.15. The van der Waals surface area contributed by atoms with E-state index in [1.165, 1.54) is 0 Å². The number of anilines is 1. The molecular formula is C13H8ClIN4O. The molecule has 0 aliphatic carbocycles. The smallest absolute Gasteiger partial charge is 0.259 e. The summed E-state index contributed by atoms with van der Waals surface area (Å²) in [5.41, 5.74) is 1.22. The normalized spacial score (nSPS) is 10.7. The molecule has 3 rings (SSSR count). The van der Waals surface area contributed by atoms with Gasteiger partial charge in [-0.3, -0.25) is 14.5 Å². The number of nitrogens with zero attached hydrogens (tertiary/aromatic N) is 3. The lowest BCUT2D eigenvalue weighted by Gasteiger charge is -2.05. The van der Waals surface area contributed by atoms with Crippen LogP contribution in [-0.4, -0.2) is 20.5 Å². The first-order valence-corrected chi connectivity index (χ1v) is 7.17. The number of aromatic nitrogens is 3. The Kier molecular flexibility index (Phi) is 3.58. The molecule has 100 valence electrons. The van der Waals surface area contributed by atoms with Crippen LogP contribution in [0.3, 0.4) is 0 Å². The molecule has 0 saturated heterocycles. The average Bonchev–Trinajstić information content (AvgIpc) is 2.82. The van der Waals surface area contributed by atoms with Crippen LogP contribution in [0, 0.1) is 3.57 Å². The van der Waals surface area contributed by atoms with Gasteiger partial charge in [0.25, 0.3) is 5.91 Å². The summed E-state index contributed by atoms with van der Waals surface area (Å²) in [7, 11) is 0. The van der Waals surface area contributed by atoms with E-state index in [0.29, 0.717) is 22.2 Å². The lowest BCUT2D eigenvalue weighted by atomic mass is 10.2. The number of pyridine rings is 1. The quantitative estimate of drug-likeness (QED) is 0.674. The Hall–Kier alpha value is -1.67. The van der Waals surface area contributed by atoms with E-state index in [1.807, 2.05) is 18.2 Å². The molecule has 0 aliphatic heterocycles. The molecule has 7 heteroatoms. The summed E-state index contributed by atoms with van der Waals surface area (Å²) < 4.78 is 2.49. The number of benzene rings is 1. The van der Waals surface area contributed by atoms with E-state index in [-0.39, 0.29) is 5.91 Å². The molecule has 0 unspecified atom stereocenters. The van der Waals surface area contributed by atoms with Crippen LogP contribution in [0.1, 0.15) is 10.4 Å². The molecule has 2 heterocycles. The molecule has 0 atom stereocenters. The van der Waals surface area contributed by atoms with Gasteiger partial charge in [0.05, 0.1) is 5.56 Å². The van der Waals surface area contributed by atoms with E-state index in [1.54, 1.807) is 28.8 Å². The molecule has 0 saturated carbocycles. The van der Waals surface area contributed by atoms with Gasteiger partial charge in [-0.1, -0.05) is 17.7 Å². The maximum Gasteiger partial charge on any atom is 0.259 e. The Morgan fingerprint density at radius 3 is 2.90 bits per heavy atom. The van der Waals surface area contributed by atoms with Crippen molar-refractivity contribution in [3.05, 3.63) is 56.8 Å². The van der Waals surface area contributed by atoms with Crippen LogP contribution in [0.4, 0.5) is 5.95 Å². The SMILES string of the molecule is O=C(Nc1nnc2ccccn12)c1ccc(Cl)cc1I. The standard InChI is InChI=1S/C13H8ClIN4O/c14-8-4-5-9(10(15)7-8)12(20)16-13-18-17-11-3-1-2-6-19(11)13/h1-7H,(H,16,18,20). The summed E-state index contributed by atoms with van der Waals surface area (Å²) >= 11 is 7.95. The van der Waals surface area contributed by atoms with Gasteiger partial charge in [-0.2, -0.15) is 0 Å². The van der Waals surface area contributed by atoms with Crippen LogP contribution in [0.25, 0.3) is 5.65 Å². The molecule has 2 aromatic heterocycles. The Morgan fingerprint density at radius 1 is 1.25 bits per heavy atom. The number of rotatable bonds is 2. The average molecular weight is 399 g/mol. The fourth-order valence-electron chi connectivity index (χ4n) is 1.77. The molecule has 1 N–H and O–H groups in total. The number of nitrogens with one attached hydrogen (secondary N) is 1. The minimum Gasteiger partial charge on any atom is -0.290 e. The first-order chi connectivity index (χ1) is 9.65. The van der Waals surface area contributed by atoms with Gasteiger partial charge in [-0.15, -0.1) is 10.2 Å². The van der Waals surface area contributed by atoms with Crippen LogP contribution in [0.5, 0.6) is 0 Å². The summed E-state index contributed by atoms with van der Waals surface area (Å²) in [6.07, 6.45) is 1.79. The maximum atomic E-state index is 12.2. The Labute approximate surface area is 133 Å². The molecule has 20 heavy (non-hydrogen) atoms. The second-order valence-corrected chi connectivity index (χ2v) is 5.63. The number of fused-ring (bicyclic) bond motifs is 1. The summed E-state index contributed by atoms with van der Waals surface area (Å²) in [4.78, 5) is 12.2. The van der Waals surface area contributed by atoms with Gasteiger partial charge >= 0.3 is 0 Å². The summed E-state index contributed by atoms with van der Waals surface area (Å²) in [6, 6.07) is 10.6. The van der Waals surface area contributed by atoms with Gasteiger partial charge < -0.3 is 0 Å². The Balaban J connectivity index is 1.92. The summed E-state index contributed by atoms with van der Waals surface area (Å²) in [6.45, 7) is 0. The molecule has 0 fully saturated rings. The van der Waals surface area contributed by atoms with Gasteiger partial charge in [0.15, 0.2) is 5.65 Å². The van der Waals surface area contributed by atoms with Crippen molar-refractivity contribution in [1.29, 1.82) is 0 Å². The van der Waals surface area contributed by atoms with Crippen LogP contribution in [-0.2, 0) is 0 Å². The Morgan fingerprint density at radius 2 is 2.10 bits per heavy atom. The van der Waals surface area contributed by atoms with Gasteiger partial charge in [0.2, 0.25) is 5.95 Å². The van der Waals surface area contributed by atoms with Gasteiger partial charge in [-0.05, 0) is 52.9 Å². The zero-order valence-electron chi connectivity index (χ0n) is 10.0. The highest BCUT2D eigenvalue weighted by Crippen LogP contribution is 2.19. The van der Waals surface area contributed by atoms with E-state index >= 15 is 0 Å². The second kappa shape index (κ2) is 5.37. The summed E-state index contributed by atoms with van der Waals surface area (Å²) in [5.74, 6) is 0.139. The topological polar surface area (TPSA) is 59.3 Å². The highest BCUT2D eigenvalue weighted by molar-refractivity contribution is 14.1. The molecule has 0 bridgehead atoms. The molecule has 0 aliphatic rings. The molecular weight excluding hydrogens is 391 g/mol. The fraction of sp³-hybridized carbons (Fsp3) is 0. The van der Waals surface area contributed by atoms with Crippen molar-refractivity contribution in [3.63, 3.8) is 0 Å². The number of carbonyl (C=O) groups excluding carboxylic acids is 1. The largest absolute Gasteiger partial charge is 0.290 e.